The summed E-state index contributed by atoms with van der Waals surface area (Å²) >= 11 is 0. The molecule has 0 saturated heterocycles. The molecular weight excluding hydrogens is 250 g/mol. The molecule has 0 heterocycles. The fraction of sp³-hybridized carbons (Fsp3) is 0.647. The molecule has 1 aliphatic carbocycles. The van der Waals surface area contributed by atoms with Crippen LogP contribution in [0, 0.1) is 5.41 Å². The lowest BCUT2D eigenvalue weighted by Crippen LogP contribution is -2.63. The Balaban J connectivity index is 1.99. The van der Waals surface area contributed by atoms with E-state index in [1.54, 1.807) is 7.11 Å². The Morgan fingerprint density at radius 1 is 1.30 bits per heavy atom. The topological polar surface area (TPSA) is 30.5 Å². The van der Waals surface area contributed by atoms with Gasteiger partial charge in [0.2, 0.25) is 0 Å². The van der Waals surface area contributed by atoms with Gasteiger partial charge in [-0.05, 0) is 31.5 Å². The molecule has 0 bridgehead atoms. The van der Waals surface area contributed by atoms with Gasteiger partial charge in [0.25, 0.3) is 0 Å². The zero-order chi connectivity index (χ0) is 14.6. The maximum absolute atomic E-state index is 6.19. The van der Waals surface area contributed by atoms with E-state index in [0.29, 0.717) is 6.04 Å². The van der Waals surface area contributed by atoms with Crippen LogP contribution in [0.2, 0.25) is 0 Å². The average Bonchev–Trinajstić information content (AvgIpc) is 2.49. The summed E-state index contributed by atoms with van der Waals surface area (Å²) in [5.74, 6) is 1.75. The summed E-state index contributed by atoms with van der Waals surface area (Å²) in [4.78, 5) is 0. The van der Waals surface area contributed by atoms with E-state index >= 15 is 0 Å². The first-order valence-electron chi connectivity index (χ1n) is 7.68. The molecule has 2 rings (SSSR count). The van der Waals surface area contributed by atoms with Gasteiger partial charge in [0, 0.05) is 23.9 Å². The van der Waals surface area contributed by atoms with Gasteiger partial charge < -0.3 is 14.8 Å². The van der Waals surface area contributed by atoms with E-state index in [-0.39, 0.29) is 11.5 Å². The average molecular weight is 277 g/mol. The number of hydrogen-bond donors (Lipinski definition) is 1. The molecule has 1 N–H and O–H groups in total. The third-order valence-corrected chi connectivity index (χ3v) is 4.70. The Labute approximate surface area is 122 Å². The smallest absolute Gasteiger partial charge is 0.123 e. The number of benzene rings is 1. The van der Waals surface area contributed by atoms with Crippen LogP contribution >= 0.6 is 0 Å². The highest BCUT2D eigenvalue weighted by Gasteiger charge is 2.51. The van der Waals surface area contributed by atoms with Crippen molar-refractivity contribution < 1.29 is 9.47 Å². The van der Waals surface area contributed by atoms with Gasteiger partial charge in [-0.15, -0.1) is 0 Å². The quantitative estimate of drug-likeness (QED) is 0.825. The van der Waals surface area contributed by atoms with Gasteiger partial charge in [-0.2, -0.15) is 0 Å². The van der Waals surface area contributed by atoms with Crippen LogP contribution in [0.3, 0.4) is 0 Å². The molecule has 0 spiro atoms. The van der Waals surface area contributed by atoms with E-state index in [9.17, 15) is 0 Å². The third kappa shape index (κ3) is 2.93. The Morgan fingerprint density at radius 2 is 2.05 bits per heavy atom. The highest BCUT2D eigenvalue weighted by molar-refractivity contribution is 5.33. The number of methoxy groups -OCH3 is 1. The van der Waals surface area contributed by atoms with Gasteiger partial charge in [-0.1, -0.05) is 26.8 Å². The highest BCUT2D eigenvalue weighted by Crippen LogP contribution is 2.46. The lowest BCUT2D eigenvalue weighted by atomic mass is 9.61. The monoisotopic (exact) mass is 277 g/mol. The van der Waals surface area contributed by atoms with Crippen molar-refractivity contribution >= 4 is 0 Å². The Bertz CT molecular complexity index is 435. The van der Waals surface area contributed by atoms with Crippen molar-refractivity contribution in [3.05, 3.63) is 24.3 Å². The van der Waals surface area contributed by atoms with Crippen molar-refractivity contribution in [1.29, 1.82) is 0 Å². The third-order valence-electron chi connectivity index (χ3n) is 4.70. The van der Waals surface area contributed by atoms with Crippen LogP contribution in [0.15, 0.2) is 24.3 Å². The summed E-state index contributed by atoms with van der Waals surface area (Å²) in [6.45, 7) is 7.88. The molecule has 3 heteroatoms. The van der Waals surface area contributed by atoms with Gasteiger partial charge in [-0.3, -0.25) is 0 Å². The van der Waals surface area contributed by atoms with Crippen LogP contribution in [-0.2, 0) is 0 Å². The SMILES string of the molecule is CCCNC1CC(Oc2cccc(OC)c2)C1(C)CC. The number of ether oxygens (including phenoxy) is 2. The molecule has 1 aromatic carbocycles. The van der Waals surface area contributed by atoms with Crippen LogP contribution in [0.4, 0.5) is 0 Å². The maximum Gasteiger partial charge on any atom is 0.123 e. The fourth-order valence-electron chi connectivity index (χ4n) is 2.95. The van der Waals surface area contributed by atoms with E-state index in [1.165, 1.54) is 6.42 Å². The molecule has 3 unspecified atom stereocenters. The molecule has 1 aliphatic rings. The van der Waals surface area contributed by atoms with Crippen LogP contribution in [-0.4, -0.2) is 25.8 Å². The summed E-state index contributed by atoms with van der Waals surface area (Å²) in [6.07, 6.45) is 3.68. The highest BCUT2D eigenvalue weighted by atomic mass is 16.5. The van der Waals surface area contributed by atoms with Crippen molar-refractivity contribution in [3.8, 4) is 11.5 Å². The molecule has 0 amide bonds. The maximum atomic E-state index is 6.19. The second-order valence-electron chi connectivity index (χ2n) is 5.89. The summed E-state index contributed by atoms with van der Waals surface area (Å²) in [5.41, 5.74) is 0.220. The molecule has 0 aliphatic heterocycles. The molecule has 112 valence electrons. The van der Waals surface area contributed by atoms with E-state index in [1.807, 2.05) is 24.3 Å². The summed E-state index contributed by atoms with van der Waals surface area (Å²) in [6, 6.07) is 8.46. The minimum absolute atomic E-state index is 0.220. The van der Waals surface area contributed by atoms with E-state index in [0.717, 1.165) is 30.9 Å². The first-order chi connectivity index (χ1) is 9.63. The second kappa shape index (κ2) is 6.49. The number of rotatable bonds is 7. The molecule has 20 heavy (non-hydrogen) atoms. The molecule has 0 radical (unpaired) electrons. The van der Waals surface area contributed by atoms with Crippen molar-refractivity contribution in [1.82, 2.24) is 5.32 Å². The lowest BCUT2D eigenvalue weighted by Gasteiger charge is -2.53. The standard InChI is InChI=1S/C17H27NO2/c1-5-10-18-15-12-16(17(15,3)6-2)20-14-9-7-8-13(11-14)19-4/h7-9,11,15-16,18H,5-6,10,12H2,1-4H3. The van der Waals surface area contributed by atoms with Gasteiger partial charge in [-0.25, -0.2) is 0 Å². The number of hydrogen-bond acceptors (Lipinski definition) is 3. The molecule has 3 atom stereocenters. The zero-order valence-electron chi connectivity index (χ0n) is 13.1. The molecule has 1 saturated carbocycles. The van der Waals surface area contributed by atoms with Crippen LogP contribution < -0.4 is 14.8 Å². The first-order valence-corrected chi connectivity index (χ1v) is 7.68. The fourth-order valence-corrected chi connectivity index (χ4v) is 2.95. The predicted molar refractivity (Wildman–Crippen MR) is 82.5 cm³/mol. The number of nitrogens with one attached hydrogen (secondary N) is 1. The van der Waals surface area contributed by atoms with Crippen molar-refractivity contribution in [2.75, 3.05) is 13.7 Å². The van der Waals surface area contributed by atoms with Gasteiger partial charge >= 0.3 is 0 Å². The second-order valence-corrected chi connectivity index (χ2v) is 5.89. The Morgan fingerprint density at radius 3 is 2.70 bits per heavy atom. The lowest BCUT2D eigenvalue weighted by molar-refractivity contribution is -0.0701. The van der Waals surface area contributed by atoms with Gasteiger partial charge in [0.05, 0.1) is 7.11 Å². The van der Waals surface area contributed by atoms with Gasteiger partial charge in [0.1, 0.15) is 17.6 Å². The first kappa shape index (κ1) is 15.2. The Hall–Kier alpha value is -1.22. The largest absolute Gasteiger partial charge is 0.497 e. The van der Waals surface area contributed by atoms with Crippen molar-refractivity contribution in [2.45, 2.75) is 52.2 Å². The van der Waals surface area contributed by atoms with E-state index in [2.05, 4.69) is 26.1 Å². The van der Waals surface area contributed by atoms with Gasteiger partial charge in [0.15, 0.2) is 0 Å². The molecule has 3 nitrogen and oxygen atoms in total. The minimum Gasteiger partial charge on any atom is -0.497 e. The van der Waals surface area contributed by atoms with E-state index < -0.39 is 0 Å². The Kier molecular flexibility index (Phi) is 4.92. The summed E-state index contributed by atoms with van der Waals surface area (Å²) in [5, 5.41) is 3.64. The predicted octanol–water partition coefficient (Wildman–Crippen LogP) is 3.63. The van der Waals surface area contributed by atoms with Crippen molar-refractivity contribution in [3.63, 3.8) is 0 Å². The molecule has 1 fully saturated rings. The summed E-state index contributed by atoms with van der Waals surface area (Å²) in [7, 11) is 1.68. The zero-order valence-corrected chi connectivity index (χ0v) is 13.1. The normalized spacial score (nSPS) is 28.8. The molecular formula is C17H27NO2. The molecule has 1 aromatic rings. The minimum atomic E-state index is 0.220. The van der Waals surface area contributed by atoms with Crippen LogP contribution in [0.5, 0.6) is 11.5 Å². The summed E-state index contributed by atoms with van der Waals surface area (Å²) < 4.78 is 11.4. The van der Waals surface area contributed by atoms with Crippen molar-refractivity contribution in [2.24, 2.45) is 5.41 Å². The van der Waals surface area contributed by atoms with Crippen LogP contribution in [0.25, 0.3) is 0 Å². The van der Waals surface area contributed by atoms with Crippen LogP contribution in [0.1, 0.15) is 40.0 Å². The molecule has 0 aromatic heterocycles. The van der Waals surface area contributed by atoms with E-state index in [4.69, 9.17) is 9.47 Å².